The Morgan fingerprint density at radius 2 is 1.92 bits per heavy atom. The number of halogens is 1. The van der Waals surface area contributed by atoms with Gasteiger partial charge in [-0.05, 0) is 55.8 Å². The van der Waals surface area contributed by atoms with Crippen LogP contribution in [0.25, 0.3) is 23.0 Å². The standard InChI is InChI=1S/C28H23FN4O3/c1-4-13-32-27(34)22(18(3)23(16-30)28(32)35)14-20-17-33(21-9-7-6-8-10-21)31-26(20)19-11-12-25(36-5-2)24(29)15-19/h4,6-12,14-15,17H,1,5,13H2,2-3H3/b22-14+. The SMILES string of the molecule is C=CCN1C(=O)C(C#N)=C(C)/C(=C\c2cn(-c3ccccc3)nc2-c2ccc(OCC)c(F)c2)C1=O. The third kappa shape index (κ3) is 4.46. The second-order valence-electron chi connectivity index (χ2n) is 7.97. The van der Waals surface area contributed by atoms with Gasteiger partial charge in [0, 0.05) is 29.4 Å². The first-order valence-electron chi connectivity index (χ1n) is 11.3. The summed E-state index contributed by atoms with van der Waals surface area (Å²) in [5.41, 5.74) is 2.49. The van der Waals surface area contributed by atoms with Crippen molar-refractivity contribution < 1.29 is 18.7 Å². The number of aromatic nitrogens is 2. The molecule has 2 amide bonds. The van der Waals surface area contributed by atoms with E-state index in [1.807, 2.05) is 36.4 Å². The predicted octanol–water partition coefficient (Wildman–Crippen LogP) is 4.86. The summed E-state index contributed by atoms with van der Waals surface area (Å²) < 4.78 is 21.7. The second kappa shape index (κ2) is 10.2. The topological polar surface area (TPSA) is 88.2 Å². The highest BCUT2D eigenvalue weighted by molar-refractivity contribution is 6.19. The largest absolute Gasteiger partial charge is 0.491 e. The molecule has 0 N–H and O–H groups in total. The summed E-state index contributed by atoms with van der Waals surface area (Å²) in [5.74, 6) is -1.62. The van der Waals surface area contributed by atoms with E-state index in [1.165, 1.54) is 18.2 Å². The molecule has 0 radical (unpaired) electrons. The Kier molecular flexibility index (Phi) is 6.93. The minimum Gasteiger partial charge on any atom is -0.491 e. The van der Waals surface area contributed by atoms with Crippen LogP contribution in [0, 0.1) is 17.1 Å². The molecule has 0 unspecified atom stereocenters. The summed E-state index contributed by atoms with van der Waals surface area (Å²) in [7, 11) is 0. The van der Waals surface area contributed by atoms with Gasteiger partial charge in [0.25, 0.3) is 11.8 Å². The monoisotopic (exact) mass is 482 g/mol. The van der Waals surface area contributed by atoms with Gasteiger partial charge in [-0.15, -0.1) is 6.58 Å². The number of carbonyl (C=O) groups excluding carboxylic acids is 2. The molecule has 4 rings (SSSR count). The summed E-state index contributed by atoms with van der Waals surface area (Å²) in [4.78, 5) is 26.9. The third-order valence-corrected chi connectivity index (χ3v) is 5.71. The number of ether oxygens (including phenoxy) is 1. The molecule has 0 spiro atoms. The van der Waals surface area contributed by atoms with Crippen LogP contribution in [0.2, 0.25) is 0 Å². The van der Waals surface area contributed by atoms with Crippen LogP contribution in [0.4, 0.5) is 4.39 Å². The fraction of sp³-hybridized carbons (Fsp3) is 0.143. The van der Waals surface area contributed by atoms with Gasteiger partial charge >= 0.3 is 0 Å². The Labute approximate surface area is 208 Å². The average Bonchev–Trinajstić information content (AvgIpc) is 3.30. The van der Waals surface area contributed by atoms with E-state index in [-0.39, 0.29) is 29.0 Å². The molecule has 1 aliphatic heterocycles. The quantitative estimate of drug-likeness (QED) is 0.273. The zero-order valence-corrected chi connectivity index (χ0v) is 19.9. The molecule has 0 saturated carbocycles. The smallest absolute Gasteiger partial charge is 0.271 e. The Bertz CT molecular complexity index is 1460. The summed E-state index contributed by atoms with van der Waals surface area (Å²) in [6.45, 7) is 7.22. The summed E-state index contributed by atoms with van der Waals surface area (Å²) in [6.07, 6.45) is 4.71. The fourth-order valence-electron chi connectivity index (χ4n) is 3.93. The molecule has 2 aromatic carbocycles. The molecule has 8 heteroatoms. The van der Waals surface area contributed by atoms with Crippen molar-refractivity contribution in [3.05, 3.63) is 95.5 Å². The lowest BCUT2D eigenvalue weighted by Crippen LogP contribution is -2.42. The molecular weight excluding hydrogens is 459 g/mol. The number of imide groups is 1. The minimum atomic E-state index is -0.661. The number of amides is 2. The Hall–Kier alpha value is -4.77. The highest BCUT2D eigenvalue weighted by Crippen LogP contribution is 2.32. The Morgan fingerprint density at radius 3 is 2.56 bits per heavy atom. The van der Waals surface area contributed by atoms with Gasteiger partial charge in [-0.3, -0.25) is 14.5 Å². The van der Waals surface area contributed by atoms with Crippen molar-refractivity contribution in [1.82, 2.24) is 14.7 Å². The van der Waals surface area contributed by atoms with Crippen molar-refractivity contribution >= 4 is 17.9 Å². The van der Waals surface area contributed by atoms with Gasteiger partial charge < -0.3 is 4.74 Å². The lowest BCUT2D eigenvalue weighted by Gasteiger charge is -2.26. The van der Waals surface area contributed by atoms with E-state index in [2.05, 4.69) is 11.7 Å². The van der Waals surface area contributed by atoms with Crippen LogP contribution in [-0.2, 0) is 9.59 Å². The zero-order chi connectivity index (χ0) is 25.8. The van der Waals surface area contributed by atoms with E-state index in [4.69, 9.17) is 4.74 Å². The maximum absolute atomic E-state index is 14.7. The van der Waals surface area contributed by atoms with Gasteiger partial charge in [0.2, 0.25) is 0 Å². The van der Waals surface area contributed by atoms with E-state index in [9.17, 15) is 19.2 Å². The predicted molar refractivity (Wildman–Crippen MR) is 133 cm³/mol. The van der Waals surface area contributed by atoms with Crippen LogP contribution in [-0.4, -0.2) is 39.6 Å². The fourth-order valence-corrected chi connectivity index (χ4v) is 3.93. The molecule has 1 aromatic heterocycles. The molecule has 0 aliphatic carbocycles. The number of benzene rings is 2. The van der Waals surface area contributed by atoms with Gasteiger partial charge in [0.05, 0.1) is 12.3 Å². The van der Waals surface area contributed by atoms with Gasteiger partial charge in [-0.2, -0.15) is 10.4 Å². The number of carbonyl (C=O) groups is 2. The molecular formula is C28H23FN4O3. The first kappa shape index (κ1) is 24.4. The maximum Gasteiger partial charge on any atom is 0.271 e. The van der Waals surface area contributed by atoms with Gasteiger partial charge in [-0.1, -0.05) is 24.3 Å². The zero-order valence-electron chi connectivity index (χ0n) is 19.9. The van der Waals surface area contributed by atoms with Crippen molar-refractivity contribution in [2.24, 2.45) is 0 Å². The van der Waals surface area contributed by atoms with Crippen LogP contribution >= 0.6 is 0 Å². The number of hydrogen-bond acceptors (Lipinski definition) is 5. The van der Waals surface area contributed by atoms with Gasteiger partial charge in [0.1, 0.15) is 17.3 Å². The van der Waals surface area contributed by atoms with Crippen molar-refractivity contribution in [2.75, 3.05) is 13.2 Å². The van der Waals surface area contributed by atoms with E-state index in [0.717, 1.165) is 10.6 Å². The van der Waals surface area contributed by atoms with Crippen LogP contribution in [0.3, 0.4) is 0 Å². The molecule has 1 aliphatic rings. The number of para-hydroxylation sites is 1. The Morgan fingerprint density at radius 1 is 1.17 bits per heavy atom. The molecule has 0 bridgehead atoms. The maximum atomic E-state index is 14.7. The van der Waals surface area contributed by atoms with Crippen LogP contribution in [0.1, 0.15) is 19.4 Å². The molecule has 2 heterocycles. The Balaban J connectivity index is 1.92. The molecule has 0 atom stereocenters. The molecule has 0 saturated heterocycles. The highest BCUT2D eigenvalue weighted by atomic mass is 19.1. The minimum absolute atomic E-state index is 0.0340. The average molecular weight is 483 g/mol. The summed E-state index contributed by atoms with van der Waals surface area (Å²) in [5, 5.41) is 14.3. The van der Waals surface area contributed by atoms with Crippen molar-refractivity contribution in [3.63, 3.8) is 0 Å². The highest BCUT2D eigenvalue weighted by Gasteiger charge is 2.35. The molecule has 36 heavy (non-hydrogen) atoms. The van der Waals surface area contributed by atoms with Crippen LogP contribution < -0.4 is 4.74 Å². The van der Waals surface area contributed by atoms with Crippen LogP contribution in [0.15, 0.2) is 84.1 Å². The van der Waals surface area contributed by atoms with Crippen molar-refractivity contribution in [2.45, 2.75) is 13.8 Å². The lowest BCUT2D eigenvalue weighted by atomic mass is 9.93. The van der Waals surface area contributed by atoms with Crippen molar-refractivity contribution in [3.8, 4) is 28.8 Å². The van der Waals surface area contributed by atoms with Crippen molar-refractivity contribution in [1.29, 1.82) is 5.26 Å². The van der Waals surface area contributed by atoms with Gasteiger partial charge in [-0.25, -0.2) is 9.07 Å². The molecule has 180 valence electrons. The van der Waals surface area contributed by atoms with Crippen LogP contribution in [0.5, 0.6) is 5.75 Å². The number of nitriles is 1. The molecule has 0 fully saturated rings. The number of nitrogens with zero attached hydrogens (tertiary/aromatic N) is 4. The van der Waals surface area contributed by atoms with E-state index < -0.39 is 17.6 Å². The normalized spacial score (nSPS) is 14.8. The lowest BCUT2D eigenvalue weighted by molar-refractivity contribution is -0.139. The van der Waals surface area contributed by atoms with E-state index in [1.54, 1.807) is 36.9 Å². The first-order valence-corrected chi connectivity index (χ1v) is 11.3. The summed E-state index contributed by atoms with van der Waals surface area (Å²) >= 11 is 0. The number of hydrogen-bond donors (Lipinski definition) is 0. The van der Waals surface area contributed by atoms with E-state index in [0.29, 0.717) is 23.4 Å². The molecule has 7 nitrogen and oxygen atoms in total. The van der Waals surface area contributed by atoms with Gasteiger partial charge in [0.15, 0.2) is 11.6 Å². The third-order valence-electron chi connectivity index (χ3n) is 5.71. The summed E-state index contributed by atoms with van der Waals surface area (Å²) in [6, 6.07) is 15.8. The van der Waals surface area contributed by atoms with E-state index >= 15 is 0 Å². The first-order chi connectivity index (χ1) is 17.4. The second-order valence-corrected chi connectivity index (χ2v) is 7.97. The molecule has 3 aromatic rings. The number of rotatable bonds is 7.